The number of pyridine rings is 1. The van der Waals surface area contributed by atoms with Crippen LogP contribution in [0.1, 0.15) is 42.2 Å². The lowest BCUT2D eigenvalue weighted by atomic mass is 9.95. The molecule has 0 spiro atoms. The van der Waals surface area contributed by atoms with Gasteiger partial charge in [0.25, 0.3) is 0 Å². The molecule has 4 rings (SSSR count). The van der Waals surface area contributed by atoms with Gasteiger partial charge in [-0.05, 0) is 37.2 Å². The minimum Gasteiger partial charge on any atom is -0.494 e. The Balaban J connectivity index is 1.96. The quantitative estimate of drug-likeness (QED) is 0.833. The fourth-order valence-corrected chi connectivity index (χ4v) is 3.85. The molecule has 2 aliphatic carbocycles. The molecular weight excluding hydrogens is 256 g/mol. The molecule has 2 atom stereocenters. The highest BCUT2D eigenvalue weighted by molar-refractivity contribution is 5.58. The molecule has 1 fully saturated rings. The summed E-state index contributed by atoms with van der Waals surface area (Å²) in [4.78, 5) is 11.5. The summed E-state index contributed by atoms with van der Waals surface area (Å²) in [6.07, 6.45) is 4.84. The zero-order valence-corrected chi connectivity index (χ0v) is 11.2. The van der Waals surface area contributed by atoms with Crippen LogP contribution in [0, 0.1) is 0 Å². The van der Waals surface area contributed by atoms with Crippen molar-refractivity contribution in [2.45, 2.75) is 31.1 Å². The van der Waals surface area contributed by atoms with Gasteiger partial charge in [-0.1, -0.05) is 0 Å². The van der Waals surface area contributed by atoms with Crippen LogP contribution in [0.4, 0.5) is 0 Å². The van der Waals surface area contributed by atoms with E-state index in [0.29, 0.717) is 17.5 Å². The first-order chi connectivity index (χ1) is 9.58. The van der Waals surface area contributed by atoms with E-state index >= 15 is 0 Å². The van der Waals surface area contributed by atoms with E-state index in [1.807, 2.05) is 0 Å². The van der Waals surface area contributed by atoms with E-state index in [-0.39, 0.29) is 17.3 Å². The van der Waals surface area contributed by atoms with Crippen LogP contribution < -0.4 is 5.56 Å². The molecule has 2 heterocycles. The van der Waals surface area contributed by atoms with Gasteiger partial charge in [-0.2, -0.15) is 0 Å². The normalized spacial score (nSPS) is 23.2. The Morgan fingerprint density at radius 2 is 1.70 bits per heavy atom. The minimum atomic E-state index is -0.118. The van der Waals surface area contributed by atoms with Crippen molar-refractivity contribution in [3.05, 3.63) is 39.8 Å². The maximum atomic E-state index is 11.5. The van der Waals surface area contributed by atoms with Crippen LogP contribution in [0.25, 0.3) is 5.69 Å². The number of aromatic nitrogens is 2. The van der Waals surface area contributed by atoms with Crippen LogP contribution >= 0.6 is 0 Å². The number of fused-ring (bicyclic) bond motifs is 5. The van der Waals surface area contributed by atoms with Crippen LogP contribution in [0.5, 0.6) is 11.8 Å². The highest BCUT2D eigenvalue weighted by Gasteiger charge is 2.44. The smallest absolute Gasteiger partial charge is 0.250 e. The van der Waals surface area contributed by atoms with Crippen molar-refractivity contribution in [3.63, 3.8) is 0 Å². The van der Waals surface area contributed by atoms with Crippen molar-refractivity contribution >= 4 is 0 Å². The summed E-state index contributed by atoms with van der Waals surface area (Å²) >= 11 is 0. The summed E-state index contributed by atoms with van der Waals surface area (Å²) in [5.41, 5.74) is 2.31. The van der Waals surface area contributed by atoms with Gasteiger partial charge < -0.3 is 14.8 Å². The highest BCUT2D eigenvalue weighted by Crippen LogP contribution is 2.60. The van der Waals surface area contributed by atoms with Gasteiger partial charge in [0.1, 0.15) is 0 Å². The van der Waals surface area contributed by atoms with Gasteiger partial charge in [0, 0.05) is 30.4 Å². The van der Waals surface area contributed by atoms with Crippen LogP contribution in [0.3, 0.4) is 0 Å². The van der Waals surface area contributed by atoms with Crippen molar-refractivity contribution < 1.29 is 10.2 Å². The Bertz CT molecular complexity index is 739. The van der Waals surface area contributed by atoms with E-state index in [4.69, 9.17) is 0 Å². The van der Waals surface area contributed by atoms with Gasteiger partial charge >= 0.3 is 0 Å². The third-order valence-corrected chi connectivity index (χ3v) is 4.77. The molecule has 20 heavy (non-hydrogen) atoms. The molecule has 104 valence electrons. The topological polar surface area (TPSA) is 67.4 Å². The van der Waals surface area contributed by atoms with E-state index < -0.39 is 0 Å². The molecule has 2 bridgehead atoms. The lowest BCUT2D eigenvalue weighted by Gasteiger charge is -2.10. The van der Waals surface area contributed by atoms with E-state index in [2.05, 4.69) is 0 Å². The monoisotopic (exact) mass is 272 g/mol. The average Bonchev–Trinajstić information content (AvgIpc) is 3.08. The van der Waals surface area contributed by atoms with Crippen molar-refractivity contribution in [3.8, 4) is 17.4 Å². The Morgan fingerprint density at radius 1 is 1.10 bits per heavy atom. The molecule has 0 aliphatic heterocycles. The summed E-state index contributed by atoms with van der Waals surface area (Å²) in [5.74, 6) is 0.996. The van der Waals surface area contributed by atoms with Gasteiger partial charge in [0.05, 0.1) is 5.69 Å². The minimum absolute atomic E-state index is 0.118. The second-order valence-electron chi connectivity index (χ2n) is 5.85. The Kier molecular flexibility index (Phi) is 2.14. The van der Waals surface area contributed by atoms with E-state index in [1.54, 1.807) is 19.3 Å². The number of hydrogen-bond acceptors (Lipinski definition) is 3. The summed E-state index contributed by atoms with van der Waals surface area (Å²) in [7, 11) is 1.65. The summed E-state index contributed by atoms with van der Waals surface area (Å²) < 4.78 is 2.89. The fraction of sp³-hybridized carbons (Fsp3) is 0.400. The van der Waals surface area contributed by atoms with Gasteiger partial charge in [0.15, 0.2) is 0 Å². The Morgan fingerprint density at radius 3 is 2.25 bits per heavy atom. The second-order valence-corrected chi connectivity index (χ2v) is 5.85. The van der Waals surface area contributed by atoms with Gasteiger partial charge in [-0.25, -0.2) is 4.57 Å². The number of rotatable bonds is 1. The molecule has 2 aromatic rings. The first-order valence-electron chi connectivity index (χ1n) is 6.91. The van der Waals surface area contributed by atoms with Crippen LogP contribution in [-0.4, -0.2) is 19.3 Å². The van der Waals surface area contributed by atoms with Crippen LogP contribution in [-0.2, 0) is 7.05 Å². The fourth-order valence-electron chi connectivity index (χ4n) is 3.85. The number of aromatic hydroxyl groups is 2. The molecule has 1 saturated carbocycles. The SMILES string of the molecule is Cn1cc(-n2c(O)c3c(c2O)[C@H]2CC[C@@H]3C2)ccc1=O. The van der Waals surface area contributed by atoms with Crippen LogP contribution in [0.2, 0.25) is 0 Å². The van der Waals surface area contributed by atoms with Gasteiger partial charge in [0.2, 0.25) is 17.3 Å². The molecule has 0 aromatic carbocycles. The van der Waals surface area contributed by atoms with E-state index in [1.165, 1.54) is 15.2 Å². The number of hydrogen-bond donors (Lipinski definition) is 2. The molecule has 5 heteroatoms. The van der Waals surface area contributed by atoms with Gasteiger partial charge in [-0.3, -0.25) is 4.79 Å². The van der Waals surface area contributed by atoms with Crippen molar-refractivity contribution in [1.82, 2.24) is 9.13 Å². The predicted molar refractivity (Wildman–Crippen MR) is 73.7 cm³/mol. The van der Waals surface area contributed by atoms with Crippen molar-refractivity contribution in [1.29, 1.82) is 0 Å². The van der Waals surface area contributed by atoms with Crippen LogP contribution in [0.15, 0.2) is 23.1 Å². The number of nitrogens with zero attached hydrogens (tertiary/aromatic N) is 2. The largest absolute Gasteiger partial charge is 0.494 e. The maximum Gasteiger partial charge on any atom is 0.250 e. The van der Waals surface area contributed by atoms with Gasteiger partial charge in [-0.15, -0.1) is 0 Å². The Hall–Kier alpha value is -2.17. The van der Waals surface area contributed by atoms with E-state index in [9.17, 15) is 15.0 Å². The lowest BCUT2D eigenvalue weighted by Crippen LogP contribution is -2.15. The highest BCUT2D eigenvalue weighted by atomic mass is 16.3. The third-order valence-electron chi connectivity index (χ3n) is 4.77. The third kappa shape index (κ3) is 1.30. The second kappa shape index (κ2) is 3.69. The predicted octanol–water partition coefficient (Wildman–Crippen LogP) is 1.95. The standard InChI is InChI=1S/C15H16N2O3/c1-16-7-10(4-5-11(16)18)17-14(19)12-8-2-3-9(6-8)13(12)15(17)20/h4-5,7-9,19-20H,2-3,6H2,1H3/t8-,9+. The Labute approximate surface area is 115 Å². The number of aryl methyl sites for hydroxylation is 1. The molecule has 2 aliphatic rings. The summed E-state index contributed by atoms with van der Waals surface area (Å²) in [6.45, 7) is 0. The molecule has 0 saturated heterocycles. The molecule has 0 amide bonds. The molecule has 2 aromatic heterocycles. The summed E-state index contributed by atoms with van der Waals surface area (Å²) in [6, 6.07) is 3.06. The average molecular weight is 272 g/mol. The zero-order valence-electron chi connectivity index (χ0n) is 11.2. The first-order valence-corrected chi connectivity index (χ1v) is 6.91. The molecule has 0 unspecified atom stereocenters. The first kappa shape index (κ1) is 11.6. The molecule has 0 radical (unpaired) electrons. The maximum absolute atomic E-state index is 11.5. The summed E-state index contributed by atoms with van der Waals surface area (Å²) in [5, 5.41) is 21.0. The van der Waals surface area contributed by atoms with Crippen molar-refractivity contribution in [2.75, 3.05) is 0 Å². The van der Waals surface area contributed by atoms with Crippen molar-refractivity contribution in [2.24, 2.45) is 7.05 Å². The molecular formula is C15H16N2O3. The van der Waals surface area contributed by atoms with E-state index in [0.717, 1.165) is 30.4 Å². The molecule has 2 N–H and O–H groups in total. The zero-order chi connectivity index (χ0) is 14.0. The molecule has 5 nitrogen and oxygen atoms in total. The lowest BCUT2D eigenvalue weighted by molar-refractivity contribution is 0.394.